The predicted octanol–water partition coefficient (Wildman–Crippen LogP) is 1.18. The molecule has 0 heterocycles. The van der Waals surface area contributed by atoms with Crippen molar-refractivity contribution >= 4 is 11.9 Å². The Hall–Kier alpha value is -1.32. The van der Waals surface area contributed by atoms with E-state index in [4.69, 9.17) is 5.11 Å². The molecule has 14 heavy (non-hydrogen) atoms. The van der Waals surface area contributed by atoms with Gasteiger partial charge in [0.05, 0.1) is 6.42 Å². The third-order valence-corrected chi connectivity index (χ3v) is 1.84. The molecule has 0 rings (SSSR count). The number of carbonyl (C=O) groups excluding carboxylic acids is 1. The maximum atomic E-state index is 11.1. The van der Waals surface area contributed by atoms with Crippen LogP contribution in [0, 0.1) is 5.92 Å². The van der Waals surface area contributed by atoms with E-state index in [2.05, 4.69) is 5.32 Å². The Balaban J connectivity index is 4.22. The first-order chi connectivity index (χ1) is 6.47. The summed E-state index contributed by atoms with van der Waals surface area (Å²) in [5, 5.41) is 11.2. The molecule has 0 aromatic rings. The summed E-state index contributed by atoms with van der Waals surface area (Å²) >= 11 is 0. The molecule has 2 N–H and O–H groups in total. The van der Waals surface area contributed by atoms with Gasteiger partial charge in [-0.15, -0.1) is 0 Å². The highest BCUT2D eigenvalue weighted by atomic mass is 16.4. The van der Waals surface area contributed by atoms with Crippen LogP contribution in [0.1, 0.15) is 27.2 Å². The standard InChI is InChI=1S/C10H17NO3/c1-4-5-9(12)11-8(7(2)3)6-10(13)14/h4-5,7-8H,6H2,1-3H3,(H,11,12)(H,13,14)/b5-4+. The van der Waals surface area contributed by atoms with Gasteiger partial charge in [-0.1, -0.05) is 19.9 Å². The molecule has 0 aliphatic carbocycles. The van der Waals surface area contributed by atoms with Gasteiger partial charge < -0.3 is 10.4 Å². The Labute approximate surface area is 84.0 Å². The summed E-state index contributed by atoms with van der Waals surface area (Å²) in [5.74, 6) is -1.03. The minimum atomic E-state index is -0.899. The van der Waals surface area contributed by atoms with E-state index >= 15 is 0 Å². The third kappa shape index (κ3) is 5.35. The molecule has 1 atom stereocenters. The zero-order valence-electron chi connectivity index (χ0n) is 8.78. The van der Waals surface area contributed by atoms with E-state index < -0.39 is 5.97 Å². The van der Waals surface area contributed by atoms with Gasteiger partial charge in [-0.05, 0) is 18.9 Å². The van der Waals surface area contributed by atoms with Crippen LogP contribution in [0.4, 0.5) is 0 Å². The lowest BCUT2D eigenvalue weighted by atomic mass is 10.0. The van der Waals surface area contributed by atoms with Gasteiger partial charge in [-0.3, -0.25) is 9.59 Å². The van der Waals surface area contributed by atoms with Crippen molar-refractivity contribution in [1.82, 2.24) is 5.32 Å². The van der Waals surface area contributed by atoms with Gasteiger partial charge in [-0.25, -0.2) is 0 Å². The summed E-state index contributed by atoms with van der Waals surface area (Å²) < 4.78 is 0. The molecule has 0 spiro atoms. The van der Waals surface area contributed by atoms with Crippen LogP contribution in [-0.2, 0) is 9.59 Å². The lowest BCUT2D eigenvalue weighted by molar-refractivity contribution is -0.138. The molecule has 80 valence electrons. The van der Waals surface area contributed by atoms with E-state index in [1.165, 1.54) is 6.08 Å². The van der Waals surface area contributed by atoms with Crippen molar-refractivity contribution in [2.24, 2.45) is 5.92 Å². The zero-order chi connectivity index (χ0) is 11.1. The number of amides is 1. The molecule has 1 amide bonds. The number of carboxylic acids is 1. The average molecular weight is 199 g/mol. The van der Waals surface area contributed by atoms with Crippen molar-refractivity contribution in [2.45, 2.75) is 33.2 Å². The predicted molar refractivity (Wildman–Crippen MR) is 53.8 cm³/mol. The third-order valence-electron chi connectivity index (χ3n) is 1.84. The molecule has 1 unspecified atom stereocenters. The Morgan fingerprint density at radius 2 is 2.00 bits per heavy atom. The van der Waals surface area contributed by atoms with Crippen molar-refractivity contribution in [1.29, 1.82) is 0 Å². The highest BCUT2D eigenvalue weighted by Gasteiger charge is 2.17. The van der Waals surface area contributed by atoms with Crippen LogP contribution < -0.4 is 5.32 Å². The molecule has 0 aromatic heterocycles. The van der Waals surface area contributed by atoms with Gasteiger partial charge in [0.2, 0.25) is 5.91 Å². The smallest absolute Gasteiger partial charge is 0.305 e. The van der Waals surface area contributed by atoms with Gasteiger partial charge in [0.25, 0.3) is 0 Å². The fraction of sp³-hybridized carbons (Fsp3) is 0.600. The summed E-state index contributed by atoms with van der Waals surface area (Å²) in [6.45, 7) is 5.49. The van der Waals surface area contributed by atoms with Crippen LogP contribution in [0.25, 0.3) is 0 Å². The second kappa shape index (κ2) is 6.18. The first kappa shape index (κ1) is 12.7. The first-order valence-electron chi connectivity index (χ1n) is 4.62. The molecule has 0 radical (unpaired) electrons. The normalized spacial score (nSPS) is 13.1. The monoisotopic (exact) mass is 199 g/mol. The largest absolute Gasteiger partial charge is 0.481 e. The summed E-state index contributed by atoms with van der Waals surface area (Å²) in [6, 6.07) is -0.309. The zero-order valence-corrected chi connectivity index (χ0v) is 8.78. The molecule has 0 aliphatic rings. The van der Waals surface area contributed by atoms with Crippen LogP contribution in [0.3, 0.4) is 0 Å². The Morgan fingerprint density at radius 1 is 1.43 bits per heavy atom. The van der Waals surface area contributed by atoms with Crippen molar-refractivity contribution in [3.8, 4) is 0 Å². The van der Waals surface area contributed by atoms with Gasteiger partial charge in [0.15, 0.2) is 0 Å². The van der Waals surface area contributed by atoms with Gasteiger partial charge in [0, 0.05) is 6.04 Å². The van der Waals surface area contributed by atoms with Crippen molar-refractivity contribution in [3.05, 3.63) is 12.2 Å². The van der Waals surface area contributed by atoms with E-state index in [1.54, 1.807) is 13.0 Å². The minimum Gasteiger partial charge on any atom is -0.481 e. The van der Waals surface area contributed by atoms with E-state index in [0.29, 0.717) is 0 Å². The van der Waals surface area contributed by atoms with E-state index in [1.807, 2.05) is 13.8 Å². The summed E-state index contributed by atoms with van der Waals surface area (Å²) in [7, 11) is 0. The topological polar surface area (TPSA) is 66.4 Å². The quantitative estimate of drug-likeness (QED) is 0.653. The molecule has 0 saturated heterocycles. The summed E-state index contributed by atoms with van der Waals surface area (Å²) in [4.78, 5) is 21.6. The lowest BCUT2D eigenvalue weighted by Gasteiger charge is -2.19. The van der Waals surface area contributed by atoms with Gasteiger partial charge in [0.1, 0.15) is 0 Å². The number of hydrogen-bond donors (Lipinski definition) is 2. The maximum Gasteiger partial charge on any atom is 0.305 e. The van der Waals surface area contributed by atoms with Crippen molar-refractivity contribution < 1.29 is 14.7 Å². The number of rotatable bonds is 5. The summed E-state index contributed by atoms with van der Waals surface area (Å²) in [5.41, 5.74) is 0. The van der Waals surface area contributed by atoms with Gasteiger partial charge >= 0.3 is 5.97 Å². The van der Waals surface area contributed by atoms with E-state index in [0.717, 1.165) is 0 Å². The fourth-order valence-corrected chi connectivity index (χ4v) is 1.02. The second-order valence-corrected chi connectivity index (χ2v) is 3.46. The first-order valence-corrected chi connectivity index (χ1v) is 4.62. The van der Waals surface area contributed by atoms with Crippen LogP contribution in [-0.4, -0.2) is 23.0 Å². The van der Waals surface area contributed by atoms with Crippen molar-refractivity contribution in [2.75, 3.05) is 0 Å². The minimum absolute atomic E-state index is 0.0407. The number of carbonyl (C=O) groups is 2. The van der Waals surface area contributed by atoms with Crippen LogP contribution in [0.2, 0.25) is 0 Å². The Bertz CT molecular complexity index is 234. The maximum absolute atomic E-state index is 11.1. The number of aliphatic carboxylic acids is 1. The number of allylic oxidation sites excluding steroid dienone is 1. The van der Waals surface area contributed by atoms with Crippen LogP contribution in [0.5, 0.6) is 0 Å². The number of nitrogens with one attached hydrogen (secondary N) is 1. The molecular formula is C10H17NO3. The average Bonchev–Trinajstić information content (AvgIpc) is 2.02. The highest BCUT2D eigenvalue weighted by Crippen LogP contribution is 2.05. The lowest BCUT2D eigenvalue weighted by Crippen LogP contribution is -2.39. The molecule has 0 aliphatic heterocycles. The molecular weight excluding hydrogens is 182 g/mol. The molecule has 0 aromatic carbocycles. The number of hydrogen-bond acceptors (Lipinski definition) is 2. The molecule has 4 heteroatoms. The van der Waals surface area contributed by atoms with Crippen LogP contribution >= 0.6 is 0 Å². The molecule has 4 nitrogen and oxygen atoms in total. The summed E-state index contributed by atoms with van der Waals surface area (Å²) in [6.07, 6.45) is 2.96. The fourth-order valence-electron chi connectivity index (χ4n) is 1.02. The molecule has 0 saturated carbocycles. The Morgan fingerprint density at radius 3 is 2.36 bits per heavy atom. The SMILES string of the molecule is C/C=C/C(=O)NC(CC(=O)O)C(C)C. The van der Waals surface area contributed by atoms with Crippen LogP contribution in [0.15, 0.2) is 12.2 Å². The van der Waals surface area contributed by atoms with Gasteiger partial charge in [-0.2, -0.15) is 0 Å². The molecule has 0 fully saturated rings. The van der Waals surface area contributed by atoms with Crippen molar-refractivity contribution in [3.63, 3.8) is 0 Å². The second-order valence-electron chi connectivity index (χ2n) is 3.46. The number of carboxylic acid groups (broad SMARTS) is 1. The van der Waals surface area contributed by atoms with E-state index in [-0.39, 0.29) is 24.3 Å². The van der Waals surface area contributed by atoms with E-state index in [9.17, 15) is 9.59 Å². The highest BCUT2D eigenvalue weighted by molar-refractivity contribution is 5.88. The molecule has 0 bridgehead atoms. The Kier molecular flexibility index (Phi) is 5.60.